The van der Waals surface area contributed by atoms with Gasteiger partial charge in [-0.05, 0) is 148 Å². The Kier molecular flexibility index (Phi) is 21.1. The zero-order valence-electron chi connectivity index (χ0n) is 51.8. The monoisotopic (exact) mass is 1150 g/mol. The average Bonchev–Trinajstić information content (AvgIpc) is 1.66. The molecule has 0 aliphatic heterocycles. The number of fused-ring (bicyclic) bond motifs is 3. The Bertz CT molecular complexity index is 3550. The van der Waals surface area contributed by atoms with E-state index in [1.54, 1.807) is 31.0 Å². The number of aromatic nitrogens is 17. The van der Waals surface area contributed by atoms with Gasteiger partial charge in [0.15, 0.2) is 23.3 Å². The van der Waals surface area contributed by atoms with Gasteiger partial charge in [0.1, 0.15) is 58.1 Å². The van der Waals surface area contributed by atoms with Crippen molar-refractivity contribution in [3.05, 3.63) is 257 Å². The van der Waals surface area contributed by atoms with Gasteiger partial charge in [0.2, 0.25) is 0 Å². The summed E-state index contributed by atoms with van der Waals surface area (Å²) in [6.45, 7) is 27.8. The number of pyridine rings is 3. The molecule has 436 valence electrons. The van der Waals surface area contributed by atoms with Crippen molar-refractivity contribution in [2.75, 3.05) is 0 Å². The van der Waals surface area contributed by atoms with Crippen molar-refractivity contribution < 1.29 is 0 Å². The van der Waals surface area contributed by atoms with Gasteiger partial charge in [-0.2, -0.15) is 0 Å². The largest absolute Gasteiger partial charge is 0.265 e. The highest BCUT2D eigenvalue weighted by atomic mass is 15.1. The van der Waals surface area contributed by atoms with Crippen LogP contribution in [-0.2, 0) is 5.41 Å². The molecule has 17 heteroatoms. The van der Waals surface area contributed by atoms with Crippen LogP contribution in [0.15, 0.2) is 177 Å². The third-order valence-corrected chi connectivity index (χ3v) is 13.2. The zero-order valence-corrected chi connectivity index (χ0v) is 51.8. The summed E-state index contributed by atoms with van der Waals surface area (Å²) in [7, 11) is 0. The minimum absolute atomic E-state index is 0.142. The third kappa shape index (κ3) is 17.7. The van der Waals surface area contributed by atoms with E-state index in [1.807, 2.05) is 166 Å². The molecule has 0 spiro atoms. The highest BCUT2D eigenvalue weighted by Gasteiger charge is 2.35. The second-order valence-corrected chi connectivity index (χ2v) is 21.1. The Labute approximate surface area is 509 Å². The first-order chi connectivity index (χ1) is 41.8. The minimum atomic E-state index is 0.142. The molecular weight excluding hydrogens is 1080 g/mol. The van der Waals surface area contributed by atoms with Gasteiger partial charge in [-0.25, -0.2) is 69.8 Å². The predicted molar refractivity (Wildman–Crippen MR) is 343 cm³/mol. The number of nitrogens with zero attached hydrogens (tertiary/aromatic N) is 17. The molecule has 17 nitrogen and oxygen atoms in total. The fraction of sp³-hybridized carbons (Fsp3) is 0.214. The number of aryl methyl sites for hydroxylation is 12. The van der Waals surface area contributed by atoms with Gasteiger partial charge in [-0.15, -0.1) is 0 Å². The lowest BCUT2D eigenvalue weighted by molar-refractivity contribution is 0.659. The average molecular weight is 1150 g/mol. The lowest BCUT2D eigenvalue weighted by atomic mass is 9.81. The van der Waals surface area contributed by atoms with Gasteiger partial charge in [-0.3, -0.25) is 15.0 Å². The van der Waals surface area contributed by atoms with E-state index in [1.165, 1.54) is 33.4 Å². The van der Waals surface area contributed by atoms with Crippen LogP contribution < -0.4 is 0 Å². The van der Waals surface area contributed by atoms with Crippen molar-refractivity contribution in [2.45, 2.75) is 102 Å². The van der Waals surface area contributed by atoms with Crippen LogP contribution in [0.3, 0.4) is 0 Å². The molecule has 4 aromatic carbocycles. The van der Waals surface area contributed by atoms with Gasteiger partial charge in [-0.1, -0.05) is 128 Å². The third-order valence-electron chi connectivity index (χ3n) is 13.2. The molecule has 0 amide bonds. The SMILES string of the molecule is Cc1cc(-c2ccccc2)nc(C)n1.Cc1ccc2c(c1)C(C)(C)c1cc(C)ccc1-2.Cc1nc(C)nc(-c2ccccc2)n1.Cc1nc(C)nc(-c2ccccn2)n1.Cc1nc(C)nc(-c2cccnc2)n1.Cc1nc(C)nc(-c2ccncc2)n1. The molecule has 1 aliphatic rings. The molecule has 0 unspecified atom stereocenters. The van der Waals surface area contributed by atoms with E-state index >= 15 is 0 Å². The van der Waals surface area contributed by atoms with Gasteiger partial charge in [0, 0.05) is 64.3 Å². The molecule has 0 N–H and O–H groups in total. The molecule has 0 saturated heterocycles. The molecule has 0 bridgehead atoms. The summed E-state index contributed by atoms with van der Waals surface area (Å²) >= 11 is 0. The summed E-state index contributed by atoms with van der Waals surface area (Å²) in [6.07, 6.45) is 8.65. The number of hydrogen-bond donors (Lipinski definition) is 0. The fourth-order valence-corrected chi connectivity index (χ4v) is 9.48. The Morgan fingerprint density at radius 1 is 0.276 bits per heavy atom. The first kappa shape index (κ1) is 62.5. The molecule has 13 rings (SSSR count). The van der Waals surface area contributed by atoms with E-state index in [2.05, 4.69) is 161 Å². The maximum atomic E-state index is 4.39. The molecular formula is C70H71N17. The van der Waals surface area contributed by atoms with Crippen LogP contribution in [0.25, 0.3) is 68.1 Å². The smallest absolute Gasteiger partial charge is 0.181 e. The minimum Gasteiger partial charge on any atom is -0.265 e. The van der Waals surface area contributed by atoms with Crippen LogP contribution in [0.1, 0.15) is 94.2 Å². The summed E-state index contributed by atoms with van der Waals surface area (Å²) in [5.74, 6) is 9.50. The Morgan fingerprint density at radius 2 is 0.678 bits per heavy atom. The van der Waals surface area contributed by atoms with E-state index in [0.717, 1.165) is 97.6 Å². The van der Waals surface area contributed by atoms with Crippen molar-refractivity contribution >= 4 is 0 Å². The quantitative estimate of drug-likeness (QED) is 0.156. The summed E-state index contributed by atoms with van der Waals surface area (Å²) < 4.78 is 0. The Balaban J connectivity index is 0.000000136. The van der Waals surface area contributed by atoms with Crippen LogP contribution in [0.4, 0.5) is 0 Å². The van der Waals surface area contributed by atoms with Crippen LogP contribution in [-0.4, -0.2) is 84.7 Å². The van der Waals surface area contributed by atoms with E-state index in [0.29, 0.717) is 17.5 Å². The maximum Gasteiger partial charge on any atom is 0.181 e. The van der Waals surface area contributed by atoms with Crippen molar-refractivity contribution in [1.29, 1.82) is 0 Å². The van der Waals surface area contributed by atoms with E-state index in [-0.39, 0.29) is 5.41 Å². The summed E-state index contributed by atoms with van der Waals surface area (Å²) in [4.78, 5) is 71.3. The molecule has 0 fully saturated rings. The lowest BCUT2D eigenvalue weighted by Crippen LogP contribution is -2.15. The van der Waals surface area contributed by atoms with Gasteiger partial charge in [0.25, 0.3) is 0 Å². The van der Waals surface area contributed by atoms with Gasteiger partial charge >= 0.3 is 0 Å². The zero-order chi connectivity index (χ0) is 62.0. The summed E-state index contributed by atoms with van der Waals surface area (Å²) in [5, 5.41) is 0. The summed E-state index contributed by atoms with van der Waals surface area (Å²) in [6, 6.07) is 48.9. The second kappa shape index (κ2) is 29.3. The Morgan fingerprint density at radius 3 is 1.10 bits per heavy atom. The summed E-state index contributed by atoms with van der Waals surface area (Å²) in [5.41, 5.74) is 15.4. The number of rotatable bonds is 5. The topological polar surface area (TPSA) is 219 Å². The molecule has 87 heavy (non-hydrogen) atoms. The molecule has 1 aliphatic carbocycles. The number of benzene rings is 4. The van der Waals surface area contributed by atoms with Crippen molar-refractivity contribution in [1.82, 2.24) is 84.7 Å². The normalized spacial score (nSPS) is 11.2. The van der Waals surface area contributed by atoms with Crippen LogP contribution >= 0.6 is 0 Å². The molecule has 0 atom stereocenters. The second-order valence-electron chi connectivity index (χ2n) is 21.1. The van der Waals surface area contributed by atoms with E-state index in [9.17, 15) is 0 Å². The van der Waals surface area contributed by atoms with Crippen molar-refractivity contribution in [3.8, 4) is 68.1 Å². The molecule has 8 heterocycles. The van der Waals surface area contributed by atoms with Crippen molar-refractivity contribution in [2.24, 2.45) is 0 Å². The van der Waals surface area contributed by atoms with Gasteiger partial charge < -0.3 is 0 Å². The van der Waals surface area contributed by atoms with Crippen molar-refractivity contribution in [3.63, 3.8) is 0 Å². The molecule has 12 aromatic rings. The number of hydrogen-bond acceptors (Lipinski definition) is 17. The lowest BCUT2D eigenvalue weighted by Gasteiger charge is -2.22. The Hall–Kier alpha value is -10.6. The van der Waals surface area contributed by atoms with Crippen LogP contribution in [0, 0.1) is 83.1 Å². The highest BCUT2D eigenvalue weighted by Crippen LogP contribution is 2.49. The first-order valence-corrected chi connectivity index (χ1v) is 28.4. The van der Waals surface area contributed by atoms with E-state index in [4.69, 9.17) is 0 Å². The van der Waals surface area contributed by atoms with Crippen LogP contribution in [0.5, 0.6) is 0 Å². The van der Waals surface area contributed by atoms with Gasteiger partial charge in [0.05, 0.1) is 5.69 Å². The predicted octanol–water partition coefficient (Wildman–Crippen LogP) is 14.2. The molecule has 8 aromatic heterocycles. The standard InChI is InChI=1S/C17H18.C12H12N2.C11H11N3.3C10H10N4/c1-11-5-7-13-14-8-6-12(2)10-16(14)17(3,4)15(13)9-11;1-9-8-12(14-10(2)13-9)11-6-4-3-5-7-11;1-8-12-9(2)14-11(13-8)10-6-4-3-5-7-10;1-7-12-8(2)14-10(13-7)9-3-5-11-6-4-9;1-7-12-8(2)14-10(13-7)9-4-3-5-11-6-9;1-7-12-8(2)14-10(13-7)9-5-3-4-6-11-9/h5-10H,1-4H3;3-8H,1-2H3;3-7H,1-2H3;3*3-6H,1-2H3. The molecule has 0 saturated carbocycles. The molecule has 0 radical (unpaired) electrons. The highest BCUT2D eigenvalue weighted by molar-refractivity contribution is 5.81. The first-order valence-electron chi connectivity index (χ1n) is 28.4. The van der Waals surface area contributed by atoms with E-state index < -0.39 is 0 Å². The fourth-order valence-electron chi connectivity index (χ4n) is 9.48. The maximum absolute atomic E-state index is 4.39. The van der Waals surface area contributed by atoms with Crippen LogP contribution in [0.2, 0.25) is 0 Å².